The van der Waals surface area contributed by atoms with E-state index in [1.165, 1.54) is 0 Å². The molecule has 0 fully saturated rings. The highest BCUT2D eigenvalue weighted by atomic mass is 16.6. The summed E-state index contributed by atoms with van der Waals surface area (Å²) in [6.45, 7) is 10.8. The second kappa shape index (κ2) is 15.0. The molecular formula is C30H32O7. The summed E-state index contributed by atoms with van der Waals surface area (Å²) >= 11 is 0. The fourth-order valence-electron chi connectivity index (χ4n) is 2.94. The van der Waals surface area contributed by atoms with E-state index >= 15 is 0 Å². The van der Waals surface area contributed by atoms with Crippen LogP contribution in [0.25, 0.3) is 5.57 Å². The van der Waals surface area contributed by atoms with E-state index in [0.717, 1.165) is 22.3 Å². The van der Waals surface area contributed by atoms with Crippen molar-refractivity contribution in [1.82, 2.24) is 0 Å². The fourth-order valence-corrected chi connectivity index (χ4v) is 2.94. The van der Waals surface area contributed by atoms with Crippen molar-refractivity contribution in [2.75, 3.05) is 13.4 Å². The number of benzene rings is 3. The maximum atomic E-state index is 12.1. The molecule has 0 radical (unpaired) electrons. The molecule has 194 valence electrons. The predicted molar refractivity (Wildman–Crippen MR) is 142 cm³/mol. The molecule has 0 aromatic heterocycles. The Morgan fingerprint density at radius 2 is 1.30 bits per heavy atom. The zero-order valence-corrected chi connectivity index (χ0v) is 21.1. The summed E-state index contributed by atoms with van der Waals surface area (Å²) < 4.78 is 15.2. The lowest BCUT2D eigenvalue weighted by atomic mass is 10.1. The van der Waals surface area contributed by atoms with Crippen LogP contribution in [0.1, 0.15) is 40.9 Å². The van der Waals surface area contributed by atoms with E-state index in [0.29, 0.717) is 29.1 Å². The van der Waals surface area contributed by atoms with E-state index < -0.39 is 11.9 Å². The first-order chi connectivity index (χ1) is 17.7. The highest BCUT2D eigenvalue weighted by Crippen LogP contribution is 2.17. The SMILES string of the molecule is C=C(C)C(=O)OCc1ccc(C(=O)Oc2ccc(CCO)cc2)cc1.C=C(C)c1ccc(OCO)cc1. The molecule has 7 heteroatoms. The molecule has 0 bridgehead atoms. The Bertz CT molecular complexity index is 1180. The van der Waals surface area contributed by atoms with E-state index in [1.54, 1.807) is 67.6 Å². The molecule has 0 aliphatic carbocycles. The number of aliphatic hydroxyl groups is 2. The summed E-state index contributed by atoms with van der Waals surface area (Å²) in [6.07, 6.45) is 0.561. The Balaban J connectivity index is 0.000000335. The lowest BCUT2D eigenvalue weighted by Gasteiger charge is -2.07. The number of aliphatic hydroxyl groups excluding tert-OH is 2. The molecule has 0 unspecified atom stereocenters. The Morgan fingerprint density at radius 3 is 1.81 bits per heavy atom. The maximum Gasteiger partial charge on any atom is 0.343 e. The van der Waals surface area contributed by atoms with Crippen LogP contribution < -0.4 is 9.47 Å². The molecule has 0 amide bonds. The van der Waals surface area contributed by atoms with E-state index in [2.05, 4.69) is 13.2 Å². The van der Waals surface area contributed by atoms with Crippen molar-refractivity contribution in [1.29, 1.82) is 0 Å². The molecule has 3 aromatic carbocycles. The summed E-state index contributed by atoms with van der Waals surface area (Å²) in [5.74, 6) is 0.183. The molecule has 0 saturated carbocycles. The molecule has 0 spiro atoms. The topological polar surface area (TPSA) is 102 Å². The van der Waals surface area contributed by atoms with E-state index in [-0.39, 0.29) is 20.0 Å². The minimum Gasteiger partial charge on any atom is -0.468 e. The first-order valence-corrected chi connectivity index (χ1v) is 11.6. The molecule has 7 nitrogen and oxygen atoms in total. The van der Waals surface area contributed by atoms with Crippen LogP contribution in [0.15, 0.2) is 91.5 Å². The minimum atomic E-state index is -0.472. The number of esters is 2. The molecule has 3 aromatic rings. The van der Waals surface area contributed by atoms with Gasteiger partial charge in [-0.05, 0) is 73.4 Å². The Hall–Kier alpha value is -4.20. The average molecular weight is 505 g/mol. The summed E-state index contributed by atoms with van der Waals surface area (Å²) in [5.41, 5.74) is 4.57. The van der Waals surface area contributed by atoms with Crippen molar-refractivity contribution < 1.29 is 34.0 Å². The number of hydrogen-bond acceptors (Lipinski definition) is 7. The van der Waals surface area contributed by atoms with Gasteiger partial charge in [-0.25, -0.2) is 9.59 Å². The fraction of sp³-hybridized carbons (Fsp3) is 0.200. The molecule has 0 atom stereocenters. The molecule has 0 heterocycles. The normalized spacial score (nSPS) is 9.95. The number of carbonyl (C=O) groups excluding carboxylic acids is 2. The third-order valence-electron chi connectivity index (χ3n) is 5.02. The molecule has 0 saturated heterocycles. The lowest BCUT2D eigenvalue weighted by Crippen LogP contribution is -2.09. The minimum absolute atomic E-state index is 0.0765. The highest BCUT2D eigenvalue weighted by Gasteiger charge is 2.09. The first-order valence-electron chi connectivity index (χ1n) is 11.6. The summed E-state index contributed by atoms with van der Waals surface area (Å²) in [5, 5.41) is 17.3. The molecule has 3 rings (SSSR count). The highest BCUT2D eigenvalue weighted by molar-refractivity contribution is 5.91. The molecule has 2 N–H and O–H groups in total. The van der Waals surface area contributed by atoms with Crippen LogP contribution in [-0.4, -0.2) is 35.6 Å². The van der Waals surface area contributed by atoms with Gasteiger partial charge in [0.25, 0.3) is 0 Å². The van der Waals surface area contributed by atoms with Crippen LogP contribution in [-0.2, 0) is 22.6 Å². The first kappa shape index (κ1) is 29.0. The summed E-state index contributed by atoms with van der Waals surface area (Å²) in [7, 11) is 0. The van der Waals surface area contributed by atoms with Crippen molar-refractivity contribution in [2.45, 2.75) is 26.9 Å². The third kappa shape index (κ3) is 10.1. The van der Waals surface area contributed by atoms with Gasteiger partial charge in [0.15, 0.2) is 6.79 Å². The number of carbonyl (C=O) groups is 2. The van der Waals surface area contributed by atoms with Gasteiger partial charge in [0.2, 0.25) is 0 Å². The molecular weight excluding hydrogens is 472 g/mol. The van der Waals surface area contributed by atoms with Gasteiger partial charge in [0, 0.05) is 12.2 Å². The van der Waals surface area contributed by atoms with Crippen LogP contribution in [0.2, 0.25) is 0 Å². The van der Waals surface area contributed by atoms with Crippen LogP contribution in [0, 0.1) is 0 Å². The van der Waals surface area contributed by atoms with Gasteiger partial charge in [-0.15, -0.1) is 0 Å². The van der Waals surface area contributed by atoms with Gasteiger partial charge in [-0.3, -0.25) is 0 Å². The number of ether oxygens (including phenoxy) is 3. The van der Waals surface area contributed by atoms with Crippen molar-refractivity contribution in [3.05, 3.63) is 114 Å². The average Bonchev–Trinajstić information content (AvgIpc) is 2.89. The van der Waals surface area contributed by atoms with Gasteiger partial charge in [-0.1, -0.05) is 55.1 Å². The number of rotatable bonds is 10. The van der Waals surface area contributed by atoms with Crippen molar-refractivity contribution in [3.63, 3.8) is 0 Å². The Labute approximate surface area is 217 Å². The number of allylic oxidation sites excluding steroid dienone is 1. The van der Waals surface area contributed by atoms with Gasteiger partial charge in [0.05, 0.1) is 5.56 Å². The van der Waals surface area contributed by atoms with E-state index in [1.807, 2.05) is 19.1 Å². The van der Waals surface area contributed by atoms with Crippen LogP contribution in [0.5, 0.6) is 11.5 Å². The van der Waals surface area contributed by atoms with Crippen LogP contribution in [0.3, 0.4) is 0 Å². The van der Waals surface area contributed by atoms with Crippen molar-refractivity contribution in [3.8, 4) is 11.5 Å². The zero-order chi connectivity index (χ0) is 27.2. The third-order valence-corrected chi connectivity index (χ3v) is 5.02. The quantitative estimate of drug-likeness (QED) is 0.171. The second-order valence-electron chi connectivity index (χ2n) is 8.14. The van der Waals surface area contributed by atoms with Gasteiger partial charge in [0.1, 0.15) is 18.1 Å². The van der Waals surface area contributed by atoms with Crippen molar-refractivity contribution in [2.24, 2.45) is 0 Å². The van der Waals surface area contributed by atoms with E-state index in [4.69, 9.17) is 24.4 Å². The summed E-state index contributed by atoms with van der Waals surface area (Å²) in [6, 6.07) is 21.1. The van der Waals surface area contributed by atoms with Crippen LogP contribution in [0.4, 0.5) is 0 Å². The molecule has 0 aliphatic rings. The molecule has 37 heavy (non-hydrogen) atoms. The Morgan fingerprint density at radius 1 is 0.757 bits per heavy atom. The number of hydrogen-bond donors (Lipinski definition) is 2. The smallest absolute Gasteiger partial charge is 0.343 e. The van der Waals surface area contributed by atoms with Crippen molar-refractivity contribution >= 4 is 17.5 Å². The monoisotopic (exact) mass is 504 g/mol. The summed E-state index contributed by atoms with van der Waals surface area (Å²) in [4.78, 5) is 23.5. The predicted octanol–water partition coefficient (Wildman–Crippen LogP) is 5.11. The van der Waals surface area contributed by atoms with Gasteiger partial charge < -0.3 is 24.4 Å². The molecule has 0 aliphatic heterocycles. The second-order valence-corrected chi connectivity index (χ2v) is 8.14. The zero-order valence-electron chi connectivity index (χ0n) is 21.1. The van der Waals surface area contributed by atoms with Crippen LogP contribution >= 0.6 is 0 Å². The maximum absolute atomic E-state index is 12.1. The van der Waals surface area contributed by atoms with E-state index in [9.17, 15) is 9.59 Å². The standard InChI is InChI=1S/C20H20O5.C10H12O2/c1-14(2)19(22)24-13-16-3-7-17(8-4-16)20(23)25-18-9-5-15(6-10-18)11-12-21;1-8(2)9-3-5-10(6-4-9)12-7-11/h3-10,21H,1,11-13H2,2H3;3-6,11H,1,7H2,2H3. The van der Waals surface area contributed by atoms with Gasteiger partial charge in [-0.2, -0.15) is 0 Å². The largest absolute Gasteiger partial charge is 0.468 e. The Kier molecular flexibility index (Phi) is 11.8. The van der Waals surface area contributed by atoms with Gasteiger partial charge >= 0.3 is 11.9 Å². The lowest BCUT2D eigenvalue weighted by molar-refractivity contribution is -0.140.